The fourth-order valence-electron chi connectivity index (χ4n) is 2.86. The highest BCUT2D eigenvalue weighted by atomic mass is 35.5. The number of thioether (sulfide) groups is 1. The third-order valence-electron chi connectivity index (χ3n) is 4.45. The fraction of sp³-hybridized carbons (Fsp3) is 0.227. The summed E-state index contributed by atoms with van der Waals surface area (Å²) in [5, 5.41) is 0.657. The molecule has 30 heavy (non-hydrogen) atoms. The van der Waals surface area contributed by atoms with Gasteiger partial charge in [0, 0.05) is 18.0 Å². The Kier molecular flexibility index (Phi) is 8.30. The molecule has 2 aromatic rings. The maximum Gasteiger partial charge on any atom is 0.266 e. The molecule has 0 atom stereocenters. The smallest absolute Gasteiger partial charge is 0.266 e. The van der Waals surface area contributed by atoms with Crippen LogP contribution in [0.4, 0.5) is 5.69 Å². The summed E-state index contributed by atoms with van der Waals surface area (Å²) >= 11 is 12.6. The predicted octanol–water partition coefficient (Wildman–Crippen LogP) is 5.24. The maximum absolute atomic E-state index is 12.6. The predicted molar refractivity (Wildman–Crippen MR) is 128 cm³/mol. The molecule has 0 saturated carbocycles. The lowest BCUT2D eigenvalue weighted by molar-refractivity contribution is -0.122. The van der Waals surface area contributed by atoms with Gasteiger partial charge in [-0.25, -0.2) is 0 Å². The summed E-state index contributed by atoms with van der Waals surface area (Å²) in [5.41, 5.74) is 7.32. The standard InChI is InChI=1S/C22H22ClN3O2S2/c23-17-12-10-16(11-13-17)15-19-21(28)26(22(29)30-19)14-6-2-5-9-20(27)25-24-18-7-3-1-4-8-18/h1,3-4,7-8,10-13,15,24H,2,5-6,9,14H2,(H,25,27). The van der Waals surface area contributed by atoms with Gasteiger partial charge in [-0.05, 0) is 48.7 Å². The molecule has 0 radical (unpaired) electrons. The first-order valence-corrected chi connectivity index (χ1v) is 11.2. The third-order valence-corrected chi connectivity index (χ3v) is 6.08. The van der Waals surface area contributed by atoms with Crippen LogP contribution >= 0.6 is 35.6 Å². The molecule has 1 heterocycles. The summed E-state index contributed by atoms with van der Waals surface area (Å²) in [4.78, 5) is 26.8. The number of hydrogen-bond acceptors (Lipinski definition) is 5. The van der Waals surface area contributed by atoms with Gasteiger partial charge in [0.25, 0.3) is 5.91 Å². The molecular formula is C22H22ClN3O2S2. The average molecular weight is 460 g/mol. The Labute approximate surface area is 190 Å². The minimum absolute atomic E-state index is 0.0598. The lowest BCUT2D eigenvalue weighted by Crippen LogP contribution is -2.29. The van der Waals surface area contributed by atoms with Gasteiger partial charge in [-0.2, -0.15) is 0 Å². The van der Waals surface area contributed by atoms with Crippen molar-refractivity contribution in [3.05, 3.63) is 70.1 Å². The molecule has 2 N–H and O–H groups in total. The molecule has 156 valence electrons. The minimum Gasteiger partial charge on any atom is -0.299 e. The Bertz CT molecular complexity index is 933. The molecule has 1 fully saturated rings. The van der Waals surface area contributed by atoms with Crippen LogP contribution in [0.5, 0.6) is 0 Å². The Balaban J connectivity index is 1.37. The summed E-state index contributed by atoms with van der Waals surface area (Å²) in [6.07, 6.45) is 4.64. The van der Waals surface area contributed by atoms with Crippen LogP contribution in [0.1, 0.15) is 31.2 Å². The summed E-state index contributed by atoms with van der Waals surface area (Å²) in [6, 6.07) is 16.8. The highest BCUT2D eigenvalue weighted by molar-refractivity contribution is 8.26. The molecule has 0 aromatic heterocycles. The number of amides is 2. The number of carbonyl (C=O) groups excluding carboxylic acids is 2. The van der Waals surface area contributed by atoms with Crippen LogP contribution in [0.15, 0.2) is 59.5 Å². The van der Waals surface area contributed by atoms with Crippen molar-refractivity contribution in [2.45, 2.75) is 25.7 Å². The van der Waals surface area contributed by atoms with E-state index in [1.54, 1.807) is 17.0 Å². The zero-order chi connectivity index (χ0) is 21.3. The molecular weight excluding hydrogens is 438 g/mol. The van der Waals surface area contributed by atoms with Crippen LogP contribution < -0.4 is 10.9 Å². The van der Waals surface area contributed by atoms with E-state index in [0.29, 0.717) is 27.2 Å². The van der Waals surface area contributed by atoms with Gasteiger partial charge in [-0.3, -0.25) is 25.3 Å². The van der Waals surface area contributed by atoms with Gasteiger partial charge < -0.3 is 0 Å². The molecule has 1 saturated heterocycles. The SMILES string of the molecule is O=C(CCCCCN1C(=O)C(=Cc2ccc(Cl)cc2)SC1=S)NNc1ccccc1. The van der Waals surface area contributed by atoms with Crippen LogP contribution in [0.2, 0.25) is 5.02 Å². The van der Waals surface area contributed by atoms with Crippen molar-refractivity contribution in [1.82, 2.24) is 10.3 Å². The number of benzene rings is 2. The van der Waals surface area contributed by atoms with E-state index < -0.39 is 0 Å². The quantitative estimate of drug-likeness (QED) is 0.232. The number of hydrazine groups is 1. The fourth-order valence-corrected chi connectivity index (χ4v) is 4.30. The van der Waals surface area contributed by atoms with Gasteiger partial charge in [-0.15, -0.1) is 0 Å². The first kappa shape index (κ1) is 22.3. The number of anilines is 1. The molecule has 0 bridgehead atoms. The molecule has 2 amide bonds. The van der Waals surface area contributed by atoms with Crippen LogP contribution in [-0.2, 0) is 9.59 Å². The highest BCUT2D eigenvalue weighted by Gasteiger charge is 2.31. The third kappa shape index (κ3) is 6.58. The van der Waals surface area contributed by atoms with Crippen LogP contribution in [0.3, 0.4) is 0 Å². The molecule has 0 spiro atoms. The highest BCUT2D eigenvalue weighted by Crippen LogP contribution is 2.32. The van der Waals surface area contributed by atoms with Crippen molar-refractivity contribution in [3.63, 3.8) is 0 Å². The normalized spacial score (nSPS) is 15.0. The number of carbonyl (C=O) groups is 2. The first-order valence-electron chi connectivity index (χ1n) is 9.64. The van der Waals surface area contributed by atoms with Crippen LogP contribution in [0, 0.1) is 0 Å². The van der Waals surface area contributed by atoms with Gasteiger partial charge >= 0.3 is 0 Å². The largest absolute Gasteiger partial charge is 0.299 e. The molecule has 3 rings (SSSR count). The topological polar surface area (TPSA) is 61.4 Å². The van der Waals surface area contributed by atoms with Crippen LogP contribution in [0.25, 0.3) is 6.08 Å². The Hall–Kier alpha value is -2.35. The van der Waals surface area contributed by atoms with E-state index in [2.05, 4.69) is 10.9 Å². The average Bonchev–Trinajstić information content (AvgIpc) is 3.01. The molecule has 1 aliphatic heterocycles. The van der Waals surface area contributed by atoms with E-state index in [0.717, 1.165) is 30.5 Å². The Morgan fingerprint density at radius 2 is 1.80 bits per heavy atom. The first-order chi connectivity index (χ1) is 14.5. The van der Waals surface area contributed by atoms with E-state index in [1.807, 2.05) is 48.5 Å². The number of hydrogen-bond donors (Lipinski definition) is 2. The van der Waals surface area contributed by atoms with Crippen molar-refractivity contribution < 1.29 is 9.59 Å². The number of para-hydroxylation sites is 1. The van der Waals surface area contributed by atoms with Crippen molar-refractivity contribution in [3.8, 4) is 0 Å². The Morgan fingerprint density at radius 3 is 2.53 bits per heavy atom. The van der Waals surface area contributed by atoms with E-state index >= 15 is 0 Å². The zero-order valence-electron chi connectivity index (χ0n) is 16.3. The van der Waals surface area contributed by atoms with Gasteiger partial charge in [0.05, 0.1) is 10.6 Å². The molecule has 0 aliphatic carbocycles. The van der Waals surface area contributed by atoms with Gasteiger partial charge in [0.1, 0.15) is 4.32 Å². The zero-order valence-corrected chi connectivity index (χ0v) is 18.7. The Morgan fingerprint density at radius 1 is 1.07 bits per heavy atom. The van der Waals surface area contributed by atoms with Crippen molar-refractivity contribution in [1.29, 1.82) is 0 Å². The molecule has 2 aromatic carbocycles. The maximum atomic E-state index is 12.6. The lowest BCUT2D eigenvalue weighted by Gasteiger charge is -2.14. The summed E-state index contributed by atoms with van der Waals surface area (Å²) in [7, 11) is 0. The second kappa shape index (κ2) is 11.2. The van der Waals surface area contributed by atoms with Gasteiger partial charge in [0.2, 0.25) is 5.91 Å². The van der Waals surface area contributed by atoms with Crippen LogP contribution in [-0.4, -0.2) is 27.6 Å². The number of rotatable bonds is 9. The summed E-state index contributed by atoms with van der Waals surface area (Å²) in [5.74, 6) is -0.125. The second-order valence-corrected chi connectivity index (χ2v) is 8.85. The summed E-state index contributed by atoms with van der Waals surface area (Å²) in [6.45, 7) is 0.562. The van der Waals surface area contributed by atoms with E-state index in [4.69, 9.17) is 23.8 Å². The van der Waals surface area contributed by atoms with E-state index in [1.165, 1.54) is 11.8 Å². The van der Waals surface area contributed by atoms with Crippen molar-refractivity contribution in [2.24, 2.45) is 0 Å². The minimum atomic E-state index is -0.0650. The number of halogens is 1. The van der Waals surface area contributed by atoms with Crippen molar-refractivity contribution >= 4 is 63.5 Å². The van der Waals surface area contributed by atoms with Crippen molar-refractivity contribution in [2.75, 3.05) is 12.0 Å². The number of nitrogens with zero attached hydrogens (tertiary/aromatic N) is 1. The number of thiocarbonyl (C=S) groups is 1. The monoisotopic (exact) mass is 459 g/mol. The summed E-state index contributed by atoms with van der Waals surface area (Å²) < 4.78 is 0.574. The molecule has 8 heteroatoms. The van der Waals surface area contributed by atoms with Gasteiger partial charge in [0.15, 0.2) is 0 Å². The number of unbranched alkanes of at least 4 members (excludes halogenated alkanes) is 2. The molecule has 1 aliphatic rings. The van der Waals surface area contributed by atoms with Gasteiger partial charge in [-0.1, -0.05) is 72.3 Å². The second-order valence-electron chi connectivity index (χ2n) is 6.73. The van der Waals surface area contributed by atoms with E-state index in [9.17, 15) is 9.59 Å². The lowest BCUT2D eigenvalue weighted by atomic mass is 10.2. The molecule has 5 nitrogen and oxygen atoms in total. The molecule has 0 unspecified atom stereocenters. The van der Waals surface area contributed by atoms with E-state index in [-0.39, 0.29) is 11.8 Å². The number of nitrogens with one attached hydrogen (secondary N) is 2.